The summed E-state index contributed by atoms with van der Waals surface area (Å²) in [6, 6.07) is 8.59. The fourth-order valence-corrected chi connectivity index (χ4v) is 5.06. The van der Waals surface area contributed by atoms with Crippen LogP contribution in [0.2, 0.25) is 0 Å². The van der Waals surface area contributed by atoms with E-state index in [-0.39, 0.29) is 11.5 Å². The van der Waals surface area contributed by atoms with E-state index in [2.05, 4.69) is 75.1 Å². The largest absolute Gasteiger partial charge is 0.487 e. The quantitative estimate of drug-likeness (QED) is 0.607. The molecule has 0 unspecified atom stereocenters. The number of para-hydroxylation sites is 1. The predicted molar refractivity (Wildman–Crippen MR) is 122 cm³/mol. The lowest BCUT2D eigenvalue weighted by atomic mass is 9.83. The van der Waals surface area contributed by atoms with Crippen molar-refractivity contribution in [2.45, 2.75) is 59.1 Å². The molecule has 2 aromatic carbocycles. The predicted octanol–water partition coefficient (Wildman–Crippen LogP) is 4.98. The lowest BCUT2D eigenvalue weighted by Gasteiger charge is -2.27. The Balaban J connectivity index is 1.52. The number of rotatable bonds is 3. The molecule has 3 N–H and O–H groups in total. The van der Waals surface area contributed by atoms with Gasteiger partial charge in [0.2, 0.25) is 0 Å². The molecule has 156 valence electrons. The first-order valence-electron chi connectivity index (χ1n) is 10.8. The average molecular weight is 403 g/mol. The Hall–Kier alpha value is -2.95. The second kappa shape index (κ2) is 6.53. The van der Waals surface area contributed by atoms with Crippen LogP contribution in [0.4, 0.5) is 11.4 Å². The number of hydrogen-bond acceptors (Lipinski definition) is 4. The fraction of sp³-hybridized carbons (Fsp3) is 0.400. The Kier molecular flexibility index (Phi) is 4.14. The van der Waals surface area contributed by atoms with Gasteiger partial charge < -0.3 is 15.8 Å². The number of benzene rings is 2. The van der Waals surface area contributed by atoms with E-state index < -0.39 is 0 Å². The van der Waals surface area contributed by atoms with Crippen LogP contribution < -0.4 is 15.8 Å². The van der Waals surface area contributed by atoms with E-state index in [1.165, 1.54) is 22.4 Å². The van der Waals surface area contributed by atoms with Crippen molar-refractivity contribution in [1.82, 2.24) is 9.78 Å². The van der Waals surface area contributed by atoms with Gasteiger partial charge >= 0.3 is 0 Å². The summed E-state index contributed by atoms with van der Waals surface area (Å²) in [4.78, 5) is 0. The summed E-state index contributed by atoms with van der Waals surface area (Å²) in [7, 11) is 0. The van der Waals surface area contributed by atoms with Gasteiger partial charge in [-0.3, -0.25) is 4.68 Å². The van der Waals surface area contributed by atoms with Crippen molar-refractivity contribution in [3.8, 4) is 17.0 Å². The van der Waals surface area contributed by atoms with E-state index in [1.807, 2.05) is 0 Å². The third-order valence-corrected chi connectivity index (χ3v) is 7.05. The first-order valence-corrected chi connectivity index (χ1v) is 10.8. The molecule has 2 aliphatic heterocycles. The molecular weight excluding hydrogens is 372 g/mol. The van der Waals surface area contributed by atoms with Crippen LogP contribution in [0, 0.1) is 20.8 Å². The maximum absolute atomic E-state index is 6.47. The first kappa shape index (κ1) is 19.0. The van der Waals surface area contributed by atoms with Crippen molar-refractivity contribution in [3.05, 3.63) is 58.3 Å². The minimum absolute atomic E-state index is 0.182. The lowest BCUT2D eigenvalue weighted by molar-refractivity contribution is 0.101. The number of anilines is 2. The van der Waals surface area contributed by atoms with Crippen molar-refractivity contribution >= 4 is 11.4 Å². The molecule has 3 aromatic rings. The minimum atomic E-state index is -0.320. The van der Waals surface area contributed by atoms with E-state index in [0.717, 1.165) is 53.3 Å². The molecule has 0 saturated carbocycles. The van der Waals surface area contributed by atoms with Gasteiger partial charge in [0.25, 0.3) is 0 Å². The first-order chi connectivity index (χ1) is 14.3. The van der Waals surface area contributed by atoms with E-state index in [0.29, 0.717) is 0 Å². The molecule has 0 saturated heterocycles. The van der Waals surface area contributed by atoms with E-state index >= 15 is 0 Å². The van der Waals surface area contributed by atoms with Gasteiger partial charge in [0.1, 0.15) is 11.4 Å². The SMILES string of the molecule is Cc1c(C)c2c(c(C)c1N)[C@H](Cn1ccc(-c3cccc4c3NCC4)n1)C(C)(C)O2. The second-order valence-electron chi connectivity index (χ2n) is 9.23. The zero-order valence-electron chi connectivity index (χ0n) is 18.5. The van der Waals surface area contributed by atoms with Crippen LogP contribution in [0.5, 0.6) is 5.75 Å². The molecule has 5 heteroatoms. The van der Waals surface area contributed by atoms with Gasteiger partial charge in [0, 0.05) is 41.2 Å². The maximum atomic E-state index is 6.47. The molecule has 30 heavy (non-hydrogen) atoms. The number of nitrogens with two attached hydrogens (primary N) is 1. The summed E-state index contributed by atoms with van der Waals surface area (Å²) < 4.78 is 8.53. The second-order valence-corrected chi connectivity index (χ2v) is 9.23. The highest BCUT2D eigenvalue weighted by atomic mass is 16.5. The van der Waals surface area contributed by atoms with Gasteiger partial charge in [-0.05, 0) is 69.4 Å². The highest BCUT2D eigenvalue weighted by molar-refractivity contribution is 5.79. The Bertz CT molecular complexity index is 1160. The van der Waals surface area contributed by atoms with Crippen LogP contribution in [0.3, 0.4) is 0 Å². The summed E-state index contributed by atoms with van der Waals surface area (Å²) >= 11 is 0. The van der Waals surface area contributed by atoms with Gasteiger partial charge in [-0.15, -0.1) is 0 Å². The highest BCUT2D eigenvalue weighted by Gasteiger charge is 2.44. The number of nitrogens with one attached hydrogen (secondary N) is 1. The molecule has 5 nitrogen and oxygen atoms in total. The number of hydrogen-bond donors (Lipinski definition) is 2. The van der Waals surface area contributed by atoms with Crippen molar-refractivity contribution < 1.29 is 4.74 Å². The lowest BCUT2D eigenvalue weighted by Crippen LogP contribution is -2.33. The molecule has 1 atom stereocenters. The number of aromatic nitrogens is 2. The van der Waals surface area contributed by atoms with Gasteiger partial charge in [-0.2, -0.15) is 5.10 Å². The van der Waals surface area contributed by atoms with Crippen LogP contribution in [-0.4, -0.2) is 21.9 Å². The molecular formula is C25H30N4O. The number of nitrogens with zero attached hydrogens (tertiary/aromatic N) is 2. The summed E-state index contributed by atoms with van der Waals surface area (Å²) in [5.41, 5.74) is 16.4. The number of nitrogen functional groups attached to an aromatic ring is 1. The molecule has 0 spiro atoms. The molecule has 0 aliphatic carbocycles. The van der Waals surface area contributed by atoms with Crippen LogP contribution in [-0.2, 0) is 13.0 Å². The molecule has 0 fully saturated rings. The summed E-state index contributed by atoms with van der Waals surface area (Å²) in [5.74, 6) is 1.19. The monoisotopic (exact) mass is 402 g/mol. The number of ether oxygens (including phenoxy) is 1. The smallest absolute Gasteiger partial charge is 0.127 e. The van der Waals surface area contributed by atoms with Gasteiger partial charge in [0.15, 0.2) is 0 Å². The standard InChI is InChI=1S/C25H30N4O/c1-14-15(2)24-21(16(3)22(14)26)19(25(4,5)30-24)13-29-12-10-20(28-29)18-8-6-7-17-9-11-27-23(17)18/h6-8,10,12,19,27H,9,11,13,26H2,1-5H3/t19-/m0/s1. The molecule has 5 rings (SSSR count). The Morgan fingerprint density at radius 3 is 2.77 bits per heavy atom. The molecule has 1 aromatic heterocycles. The van der Waals surface area contributed by atoms with Crippen molar-refractivity contribution in [1.29, 1.82) is 0 Å². The Morgan fingerprint density at radius 1 is 1.17 bits per heavy atom. The summed E-state index contributed by atoms with van der Waals surface area (Å²) in [6.07, 6.45) is 3.16. The Labute approximate surface area is 178 Å². The minimum Gasteiger partial charge on any atom is -0.487 e. The zero-order valence-corrected chi connectivity index (χ0v) is 18.5. The highest BCUT2D eigenvalue weighted by Crippen LogP contribution is 2.51. The molecule has 0 radical (unpaired) electrons. The third-order valence-electron chi connectivity index (χ3n) is 7.05. The number of fused-ring (bicyclic) bond motifs is 2. The molecule has 0 amide bonds. The Morgan fingerprint density at radius 2 is 1.97 bits per heavy atom. The zero-order chi connectivity index (χ0) is 21.2. The molecule has 0 bridgehead atoms. The maximum Gasteiger partial charge on any atom is 0.127 e. The molecule has 3 heterocycles. The van der Waals surface area contributed by atoms with Crippen LogP contribution in [0.25, 0.3) is 11.3 Å². The summed E-state index contributed by atoms with van der Waals surface area (Å²) in [5, 5.41) is 8.46. The van der Waals surface area contributed by atoms with Gasteiger partial charge in [-0.1, -0.05) is 18.2 Å². The van der Waals surface area contributed by atoms with Crippen LogP contribution in [0.1, 0.15) is 47.6 Å². The topological polar surface area (TPSA) is 65.1 Å². The van der Waals surface area contributed by atoms with Crippen molar-refractivity contribution in [2.24, 2.45) is 0 Å². The third kappa shape index (κ3) is 2.72. The molecule has 2 aliphatic rings. The van der Waals surface area contributed by atoms with E-state index in [9.17, 15) is 0 Å². The fourth-order valence-electron chi connectivity index (χ4n) is 5.06. The van der Waals surface area contributed by atoms with Gasteiger partial charge in [0.05, 0.1) is 12.2 Å². The average Bonchev–Trinajstić information content (AvgIpc) is 3.43. The van der Waals surface area contributed by atoms with Crippen LogP contribution in [0.15, 0.2) is 30.5 Å². The van der Waals surface area contributed by atoms with Crippen molar-refractivity contribution in [2.75, 3.05) is 17.6 Å². The normalized spacial score (nSPS) is 18.6. The van der Waals surface area contributed by atoms with E-state index in [4.69, 9.17) is 15.6 Å². The van der Waals surface area contributed by atoms with Crippen LogP contribution >= 0.6 is 0 Å². The van der Waals surface area contributed by atoms with Gasteiger partial charge in [-0.25, -0.2) is 0 Å². The van der Waals surface area contributed by atoms with Crippen molar-refractivity contribution in [3.63, 3.8) is 0 Å². The van der Waals surface area contributed by atoms with E-state index in [1.54, 1.807) is 0 Å². The summed E-state index contributed by atoms with van der Waals surface area (Å²) in [6.45, 7) is 12.4.